The minimum absolute atomic E-state index is 0.158. The number of ether oxygens (including phenoxy) is 1. The first kappa shape index (κ1) is 20.9. The number of hydrogen-bond acceptors (Lipinski definition) is 4. The van der Waals surface area contributed by atoms with E-state index in [0.29, 0.717) is 17.9 Å². The lowest BCUT2D eigenvalue weighted by atomic mass is 9.84. The molecule has 0 radical (unpaired) electrons. The number of pyridine rings is 1. The molecule has 2 aromatic carbocycles. The number of anilines is 1. The van der Waals surface area contributed by atoms with E-state index in [4.69, 9.17) is 4.74 Å². The summed E-state index contributed by atoms with van der Waals surface area (Å²) in [6, 6.07) is 14.8. The summed E-state index contributed by atoms with van der Waals surface area (Å²) in [5.74, 6) is 0.759. The molecule has 160 valence electrons. The summed E-state index contributed by atoms with van der Waals surface area (Å²) in [5.41, 5.74) is 4.49. The molecule has 0 spiro atoms. The number of sulfonamides is 1. The normalized spacial score (nSPS) is 14.9. The highest BCUT2D eigenvalue weighted by Gasteiger charge is 2.34. The molecule has 6 nitrogen and oxygen atoms in total. The molecule has 1 aromatic heterocycles. The number of benzene rings is 2. The van der Waals surface area contributed by atoms with Gasteiger partial charge in [0.2, 0.25) is 10.0 Å². The van der Waals surface area contributed by atoms with Crippen molar-refractivity contribution >= 4 is 27.9 Å². The molecule has 0 atom stereocenters. The summed E-state index contributed by atoms with van der Waals surface area (Å²) >= 11 is 0. The summed E-state index contributed by atoms with van der Waals surface area (Å²) in [7, 11) is -3.30. The van der Waals surface area contributed by atoms with Gasteiger partial charge in [-0.25, -0.2) is 8.42 Å². The summed E-state index contributed by atoms with van der Waals surface area (Å²) in [6.45, 7) is 4.81. The number of rotatable bonds is 5. The van der Waals surface area contributed by atoms with Crippen LogP contribution in [0.3, 0.4) is 0 Å². The molecule has 2 N–H and O–H groups in total. The van der Waals surface area contributed by atoms with Crippen LogP contribution in [-0.2, 0) is 15.4 Å². The van der Waals surface area contributed by atoms with Crippen molar-refractivity contribution in [3.05, 3.63) is 81.8 Å². The summed E-state index contributed by atoms with van der Waals surface area (Å²) in [6.07, 6.45) is 6.67. The molecule has 1 aliphatic heterocycles. The van der Waals surface area contributed by atoms with E-state index in [-0.39, 0.29) is 11.0 Å². The standard InChI is InChI=1S/C24H24N2O4S/c1-24(2)15-30-22-20(19-5-4-12-25-23(19)27)13-17(14-21(22)24)7-6-16-8-10-18(11-9-16)26-31(3,28)29/h4-14,26H,15H2,1-3H3,(H,25,27). The Labute approximate surface area is 181 Å². The number of hydrogen-bond donors (Lipinski definition) is 2. The molecule has 2 heterocycles. The van der Waals surface area contributed by atoms with Crippen molar-refractivity contribution < 1.29 is 13.2 Å². The number of H-pyrrole nitrogens is 1. The van der Waals surface area contributed by atoms with Gasteiger partial charge in [-0.1, -0.05) is 38.1 Å². The third-order valence-corrected chi connectivity index (χ3v) is 5.81. The number of aromatic amines is 1. The van der Waals surface area contributed by atoms with Crippen LogP contribution in [0.4, 0.5) is 5.69 Å². The smallest absolute Gasteiger partial charge is 0.255 e. The lowest BCUT2D eigenvalue weighted by Gasteiger charge is -2.16. The minimum atomic E-state index is -3.30. The van der Waals surface area contributed by atoms with Crippen LogP contribution in [0.2, 0.25) is 0 Å². The van der Waals surface area contributed by atoms with Crippen molar-refractivity contribution in [2.45, 2.75) is 19.3 Å². The van der Waals surface area contributed by atoms with Crippen LogP contribution in [0.15, 0.2) is 59.5 Å². The van der Waals surface area contributed by atoms with Crippen molar-refractivity contribution in [2.24, 2.45) is 0 Å². The molecule has 0 fully saturated rings. The van der Waals surface area contributed by atoms with Gasteiger partial charge in [-0.15, -0.1) is 0 Å². The average molecular weight is 437 g/mol. The lowest BCUT2D eigenvalue weighted by Crippen LogP contribution is -2.18. The Bertz CT molecular complexity index is 1320. The zero-order valence-electron chi connectivity index (χ0n) is 17.6. The Balaban J connectivity index is 1.72. The summed E-state index contributed by atoms with van der Waals surface area (Å²) < 4.78 is 31.2. The molecule has 0 saturated heterocycles. The van der Waals surface area contributed by atoms with Gasteiger partial charge in [0.25, 0.3) is 5.56 Å². The molecular formula is C24H24N2O4S. The molecule has 0 saturated carbocycles. The Morgan fingerprint density at radius 3 is 2.42 bits per heavy atom. The summed E-state index contributed by atoms with van der Waals surface area (Å²) in [5, 5.41) is 0. The molecule has 0 aliphatic carbocycles. The molecule has 1 aliphatic rings. The van der Waals surface area contributed by atoms with Crippen LogP contribution in [0.1, 0.15) is 30.5 Å². The Morgan fingerprint density at radius 1 is 1.03 bits per heavy atom. The average Bonchev–Trinajstić information content (AvgIpc) is 3.01. The fourth-order valence-electron chi connectivity index (χ4n) is 3.64. The maximum Gasteiger partial charge on any atom is 0.255 e. The number of fused-ring (bicyclic) bond motifs is 1. The van der Waals surface area contributed by atoms with E-state index in [1.54, 1.807) is 30.5 Å². The molecule has 4 rings (SSSR count). The maximum atomic E-state index is 12.4. The van der Waals surface area contributed by atoms with Gasteiger partial charge in [0.1, 0.15) is 5.75 Å². The van der Waals surface area contributed by atoms with Crippen LogP contribution >= 0.6 is 0 Å². The van der Waals surface area contributed by atoms with Gasteiger partial charge in [0.05, 0.1) is 18.4 Å². The van der Waals surface area contributed by atoms with Crippen LogP contribution in [0.25, 0.3) is 23.3 Å². The van der Waals surface area contributed by atoms with Gasteiger partial charge in [0.15, 0.2) is 0 Å². The zero-order valence-corrected chi connectivity index (χ0v) is 18.4. The third kappa shape index (κ3) is 4.56. The Hall–Kier alpha value is -3.32. The zero-order chi connectivity index (χ0) is 22.2. The highest BCUT2D eigenvalue weighted by Crippen LogP contribution is 2.45. The van der Waals surface area contributed by atoms with Crippen LogP contribution in [-0.4, -0.2) is 26.3 Å². The first-order chi connectivity index (χ1) is 14.6. The molecule has 31 heavy (non-hydrogen) atoms. The van der Waals surface area contributed by atoms with E-state index >= 15 is 0 Å². The van der Waals surface area contributed by atoms with E-state index in [0.717, 1.165) is 34.3 Å². The fourth-order valence-corrected chi connectivity index (χ4v) is 4.20. The van der Waals surface area contributed by atoms with Gasteiger partial charge in [-0.2, -0.15) is 0 Å². The largest absolute Gasteiger partial charge is 0.492 e. The second kappa shape index (κ2) is 7.74. The van der Waals surface area contributed by atoms with Crippen LogP contribution in [0.5, 0.6) is 5.75 Å². The van der Waals surface area contributed by atoms with Crippen LogP contribution in [0, 0.1) is 0 Å². The van der Waals surface area contributed by atoms with E-state index in [9.17, 15) is 13.2 Å². The van der Waals surface area contributed by atoms with Gasteiger partial charge in [-0.05, 0) is 47.5 Å². The quantitative estimate of drug-likeness (QED) is 0.585. The van der Waals surface area contributed by atoms with Crippen molar-refractivity contribution in [1.82, 2.24) is 4.98 Å². The van der Waals surface area contributed by atoms with E-state index in [2.05, 4.69) is 29.6 Å². The highest BCUT2D eigenvalue weighted by atomic mass is 32.2. The molecule has 0 bridgehead atoms. The predicted molar refractivity (Wildman–Crippen MR) is 125 cm³/mol. The van der Waals surface area contributed by atoms with Gasteiger partial charge in [-0.3, -0.25) is 9.52 Å². The predicted octanol–water partition coefficient (Wildman–Crippen LogP) is 4.25. The summed E-state index contributed by atoms with van der Waals surface area (Å²) in [4.78, 5) is 15.2. The maximum absolute atomic E-state index is 12.4. The Morgan fingerprint density at radius 2 is 1.74 bits per heavy atom. The second-order valence-electron chi connectivity index (χ2n) is 8.36. The van der Waals surface area contributed by atoms with E-state index in [1.165, 1.54) is 0 Å². The fraction of sp³-hybridized carbons (Fsp3) is 0.208. The van der Waals surface area contributed by atoms with Crippen molar-refractivity contribution in [1.29, 1.82) is 0 Å². The first-order valence-electron chi connectivity index (χ1n) is 9.88. The number of aromatic nitrogens is 1. The van der Waals surface area contributed by atoms with Crippen molar-refractivity contribution in [3.63, 3.8) is 0 Å². The minimum Gasteiger partial charge on any atom is -0.492 e. The van der Waals surface area contributed by atoms with E-state index in [1.807, 2.05) is 30.4 Å². The molecule has 7 heteroatoms. The second-order valence-corrected chi connectivity index (χ2v) is 10.1. The topological polar surface area (TPSA) is 88.3 Å². The van der Waals surface area contributed by atoms with Gasteiger partial charge < -0.3 is 9.72 Å². The van der Waals surface area contributed by atoms with E-state index < -0.39 is 10.0 Å². The monoisotopic (exact) mass is 436 g/mol. The Kier molecular flexibility index (Phi) is 5.23. The molecule has 3 aromatic rings. The van der Waals surface area contributed by atoms with Crippen molar-refractivity contribution in [2.75, 3.05) is 17.6 Å². The first-order valence-corrected chi connectivity index (χ1v) is 11.8. The molecular weight excluding hydrogens is 412 g/mol. The lowest BCUT2D eigenvalue weighted by molar-refractivity contribution is 0.292. The van der Waals surface area contributed by atoms with Crippen LogP contribution < -0.4 is 15.0 Å². The SMILES string of the molecule is CC1(C)COc2c(-c3ccc[nH]c3=O)cc(C=Cc3ccc(NS(C)(=O)=O)cc3)cc21. The van der Waals surface area contributed by atoms with Crippen molar-refractivity contribution in [3.8, 4) is 16.9 Å². The molecule has 0 unspecified atom stereocenters. The van der Waals surface area contributed by atoms with Gasteiger partial charge in [0, 0.05) is 28.4 Å². The number of nitrogens with one attached hydrogen (secondary N) is 2. The third-order valence-electron chi connectivity index (χ3n) is 5.21. The van der Waals surface area contributed by atoms with Gasteiger partial charge >= 0.3 is 0 Å². The molecule has 0 amide bonds. The highest BCUT2D eigenvalue weighted by molar-refractivity contribution is 7.92.